The van der Waals surface area contributed by atoms with Gasteiger partial charge in [-0.2, -0.15) is 0 Å². The third kappa shape index (κ3) is 6.73. The molecular weight excluding hydrogens is 437 g/mol. The highest BCUT2D eigenvalue weighted by Crippen LogP contribution is 2.33. The van der Waals surface area contributed by atoms with Crippen LogP contribution in [0.5, 0.6) is 0 Å². The van der Waals surface area contributed by atoms with Gasteiger partial charge >= 0.3 is 13.2 Å². The third-order valence-corrected chi connectivity index (χ3v) is 6.41. The molecule has 1 aromatic carbocycles. The molecule has 1 fully saturated rings. The van der Waals surface area contributed by atoms with Crippen LogP contribution in [0, 0.1) is 11.8 Å². The number of alkyl carbamates (subject to hydrolysis) is 1. The van der Waals surface area contributed by atoms with Crippen LogP contribution < -0.4 is 10.6 Å². The van der Waals surface area contributed by atoms with Crippen LogP contribution in [0.25, 0.3) is 0 Å². The number of ether oxygens (including phenoxy) is 1. The molecule has 0 aliphatic carbocycles. The van der Waals surface area contributed by atoms with E-state index in [0.29, 0.717) is 25.8 Å². The van der Waals surface area contributed by atoms with Gasteiger partial charge in [-0.25, -0.2) is 4.79 Å². The first-order valence-corrected chi connectivity index (χ1v) is 12.0. The molecule has 9 nitrogen and oxygen atoms in total. The molecule has 1 aliphatic heterocycles. The van der Waals surface area contributed by atoms with Crippen molar-refractivity contribution in [1.82, 2.24) is 15.5 Å². The van der Waals surface area contributed by atoms with Crippen LogP contribution >= 0.6 is 0 Å². The predicted octanol–water partition coefficient (Wildman–Crippen LogP) is 1.86. The highest BCUT2D eigenvalue weighted by atomic mass is 16.5. The smallest absolute Gasteiger partial charge is 0.445 e. The van der Waals surface area contributed by atoms with Crippen LogP contribution in [0.4, 0.5) is 4.79 Å². The summed E-state index contributed by atoms with van der Waals surface area (Å²) in [6.45, 7) is 9.72. The van der Waals surface area contributed by atoms with Crippen LogP contribution in [-0.4, -0.2) is 64.0 Å². The van der Waals surface area contributed by atoms with Crippen molar-refractivity contribution >= 4 is 25.0 Å². The first-order valence-electron chi connectivity index (χ1n) is 12.0. The average Bonchev–Trinajstić information content (AvgIpc) is 3.11. The Morgan fingerprint density at radius 3 is 2.35 bits per heavy atom. The molecule has 1 saturated heterocycles. The number of carbonyl (C=O) groups is 3. The molecule has 4 N–H and O–H groups in total. The van der Waals surface area contributed by atoms with E-state index in [1.165, 1.54) is 4.90 Å². The zero-order valence-electron chi connectivity index (χ0n) is 20.8. The zero-order valence-corrected chi connectivity index (χ0v) is 20.8. The van der Waals surface area contributed by atoms with E-state index < -0.39 is 36.6 Å². The number of benzene rings is 1. The quantitative estimate of drug-likeness (QED) is 0.362. The Morgan fingerprint density at radius 1 is 1.18 bits per heavy atom. The Labute approximate surface area is 202 Å². The highest BCUT2D eigenvalue weighted by molar-refractivity contribution is 6.43. The van der Waals surface area contributed by atoms with Crippen molar-refractivity contribution in [3.8, 4) is 0 Å². The van der Waals surface area contributed by atoms with E-state index in [1.807, 2.05) is 58.0 Å². The van der Waals surface area contributed by atoms with Crippen molar-refractivity contribution in [2.45, 2.75) is 78.0 Å². The molecule has 0 aromatic heterocycles. The van der Waals surface area contributed by atoms with Crippen molar-refractivity contribution in [2.24, 2.45) is 11.8 Å². The lowest BCUT2D eigenvalue weighted by Gasteiger charge is -2.35. The Morgan fingerprint density at radius 2 is 1.82 bits per heavy atom. The van der Waals surface area contributed by atoms with Crippen molar-refractivity contribution in [3.63, 3.8) is 0 Å². The summed E-state index contributed by atoms with van der Waals surface area (Å²) in [5.74, 6) is -1.73. The van der Waals surface area contributed by atoms with Crippen molar-refractivity contribution < 1.29 is 29.2 Å². The Balaban J connectivity index is 2.18. The molecule has 34 heavy (non-hydrogen) atoms. The maximum atomic E-state index is 13.7. The van der Waals surface area contributed by atoms with Gasteiger partial charge < -0.3 is 30.3 Å². The summed E-state index contributed by atoms with van der Waals surface area (Å²) >= 11 is 0. The maximum Gasteiger partial charge on any atom is 0.475 e. The molecule has 0 radical (unpaired) electrons. The minimum Gasteiger partial charge on any atom is -0.445 e. The van der Waals surface area contributed by atoms with Gasteiger partial charge in [-0.05, 0) is 36.7 Å². The maximum absolute atomic E-state index is 13.7. The van der Waals surface area contributed by atoms with E-state index >= 15 is 0 Å². The molecule has 1 heterocycles. The largest absolute Gasteiger partial charge is 0.475 e. The van der Waals surface area contributed by atoms with E-state index in [1.54, 1.807) is 6.92 Å². The van der Waals surface area contributed by atoms with E-state index in [9.17, 15) is 24.4 Å². The van der Waals surface area contributed by atoms with Crippen molar-refractivity contribution in [3.05, 3.63) is 35.9 Å². The Hall–Kier alpha value is -2.59. The molecule has 1 aromatic rings. The highest BCUT2D eigenvalue weighted by Gasteiger charge is 2.53. The third-order valence-electron chi connectivity index (χ3n) is 6.41. The number of hydrogen-bond acceptors (Lipinski definition) is 6. The van der Waals surface area contributed by atoms with E-state index in [-0.39, 0.29) is 24.3 Å². The van der Waals surface area contributed by atoms with Gasteiger partial charge in [0.25, 0.3) is 0 Å². The van der Waals surface area contributed by atoms with E-state index in [2.05, 4.69) is 10.6 Å². The summed E-state index contributed by atoms with van der Waals surface area (Å²) in [6, 6.07) is 8.47. The summed E-state index contributed by atoms with van der Waals surface area (Å²) in [5, 5.41) is 24.5. The molecule has 0 saturated carbocycles. The van der Waals surface area contributed by atoms with Gasteiger partial charge in [0.2, 0.25) is 11.8 Å². The minimum absolute atomic E-state index is 0.0824. The monoisotopic (exact) mass is 475 g/mol. The molecule has 2 unspecified atom stereocenters. The molecule has 3 amide bonds. The van der Waals surface area contributed by atoms with Gasteiger partial charge in [0.15, 0.2) is 0 Å². The Bertz CT molecular complexity index is 835. The summed E-state index contributed by atoms with van der Waals surface area (Å²) in [6.07, 6.45) is 0.386. The van der Waals surface area contributed by atoms with Gasteiger partial charge in [-0.3, -0.25) is 9.59 Å². The van der Waals surface area contributed by atoms with E-state index in [4.69, 9.17) is 4.74 Å². The van der Waals surface area contributed by atoms with Crippen molar-refractivity contribution in [2.75, 3.05) is 6.54 Å². The molecule has 0 spiro atoms. The second-order valence-electron chi connectivity index (χ2n) is 9.64. The topological polar surface area (TPSA) is 128 Å². The second-order valence-corrected chi connectivity index (χ2v) is 9.64. The number of nitrogens with one attached hydrogen (secondary N) is 2. The molecule has 10 heteroatoms. The molecule has 3 atom stereocenters. The number of likely N-dealkylation sites (tertiary alicyclic amines) is 1. The van der Waals surface area contributed by atoms with Crippen LogP contribution in [0.2, 0.25) is 0 Å². The lowest BCUT2D eigenvalue weighted by molar-refractivity contribution is -0.142. The van der Waals surface area contributed by atoms with Crippen LogP contribution in [-0.2, 0) is 20.9 Å². The summed E-state index contributed by atoms with van der Waals surface area (Å²) in [5.41, 5.74) is -0.356. The normalized spacial score (nSPS) is 19.8. The number of hydrogen-bond donors (Lipinski definition) is 4. The van der Waals surface area contributed by atoms with Gasteiger partial charge in [0.05, 0.1) is 5.94 Å². The van der Waals surface area contributed by atoms with Crippen LogP contribution in [0.3, 0.4) is 0 Å². The fourth-order valence-electron chi connectivity index (χ4n) is 4.28. The Kier molecular flexibility index (Phi) is 9.94. The number of rotatable bonds is 11. The lowest BCUT2D eigenvalue weighted by Crippen LogP contribution is -2.60. The fourth-order valence-corrected chi connectivity index (χ4v) is 4.28. The molecule has 0 bridgehead atoms. The van der Waals surface area contributed by atoms with Gasteiger partial charge in [0, 0.05) is 6.54 Å². The van der Waals surface area contributed by atoms with Crippen LogP contribution in [0.1, 0.15) is 59.4 Å². The summed E-state index contributed by atoms with van der Waals surface area (Å²) in [4.78, 5) is 40.9. The number of amides is 3. The first-order chi connectivity index (χ1) is 16.0. The van der Waals surface area contributed by atoms with E-state index in [0.717, 1.165) is 5.56 Å². The molecular formula is C24H38BN3O6. The van der Waals surface area contributed by atoms with Gasteiger partial charge in [-0.1, -0.05) is 65.0 Å². The van der Waals surface area contributed by atoms with Gasteiger partial charge in [-0.15, -0.1) is 0 Å². The van der Waals surface area contributed by atoms with Gasteiger partial charge in [0.1, 0.15) is 18.2 Å². The fraction of sp³-hybridized carbons (Fsp3) is 0.625. The van der Waals surface area contributed by atoms with Crippen molar-refractivity contribution in [1.29, 1.82) is 0 Å². The average molecular weight is 475 g/mol. The first kappa shape index (κ1) is 27.7. The number of nitrogens with zero attached hydrogens (tertiary/aromatic N) is 1. The second kappa shape index (κ2) is 12.2. The number of carbonyl (C=O) groups excluding carboxylic acids is 3. The standard InChI is InChI=1S/C24H38BN3O6/c1-6-20(25(32)33)26-21(29)19(14-16(2)3)28-13-12-24(17(4)5,22(28)30)27-23(31)34-15-18-10-8-7-9-11-18/h7-11,16-17,19-20,32-33H,6,12-15H2,1-5H3,(H,26,29)(H,27,31)/t19-,20?,24?/m1/s1. The van der Waals surface area contributed by atoms with Crippen LogP contribution in [0.15, 0.2) is 30.3 Å². The zero-order chi connectivity index (χ0) is 25.5. The molecule has 2 rings (SSSR count). The predicted molar refractivity (Wildman–Crippen MR) is 129 cm³/mol. The molecule has 1 aliphatic rings. The molecule has 188 valence electrons. The SMILES string of the molecule is CCC(NC(=O)[C@@H](CC(C)C)N1CCC(NC(=O)OCc2ccccc2)(C(C)C)C1=O)B(O)O. The summed E-state index contributed by atoms with van der Waals surface area (Å²) in [7, 11) is -1.70. The minimum atomic E-state index is -1.70. The lowest BCUT2D eigenvalue weighted by atomic mass is 9.77. The summed E-state index contributed by atoms with van der Waals surface area (Å²) < 4.78 is 5.36.